The van der Waals surface area contributed by atoms with Gasteiger partial charge in [0, 0.05) is 23.1 Å². The molecule has 1 heterocycles. The second kappa shape index (κ2) is 6.07. The molecule has 0 bridgehead atoms. The molecule has 1 aromatic carbocycles. The number of methoxy groups -OCH3 is 2. The maximum absolute atomic E-state index is 5.35. The molecule has 0 aliphatic carbocycles. The SMILES string of the molecule is CCC(CC)c1nc(C)c2cc(OC)c(OC)cc2n1. The van der Waals surface area contributed by atoms with Crippen LogP contribution < -0.4 is 9.47 Å². The molecule has 0 aliphatic rings. The van der Waals surface area contributed by atoms with E-state index in [4.69, 9.17) is 14.5 Å². The summed E-state index contributed by atoms with van der Waals surface area (Å²) < 4.78 is 10.7. The van der Waals surface area contributed by atoms with Gasteiger partial charge in [-0.25, -0.2) is 9.97 Å². The van der Waals surface area contributed by atoms with E-state index >= 15 is 0 Å². The zero-order valence-corrected chi connectivity index (χ0v) is 12.9. The lowest BCUT2D eigenvalue weighted by atomic mass is 10.0. The molecule has 0 amide bonds. The molecule has 2 aromatic rings. The predicted molar refractivity (Wildman–Crippen MR) is 80.7 cm³/mol. The van der Waals surface area contributed by atoms with Crippen LogP contribution in [0.1, 0.15) is 44.1 Å². The number of ether oxygens (including phenoxy) is 2. The van der Waals surface area contributed by atoms with Gasteiger partial charge in [0.25, 0.3) is 0 Å². The second-order valence-electron chi connectivity index (χ2n) is 4.90. The Labute approximate surface area is 120 Å². The number of hydrogen-bond donors (Lipinski definition) is 0. The summed E-state index contributed by atoms with van der Waals surface area (Å²) in [5.74, 6) is 2.74. The van der Waals surface area contributed by atoms with E-state index in [0.29, 0.717) is 17.4 Å². The average molecular weight is 274 g/mol. The Balaban J connectivity index is 2.64. The molecule has 0 N–H and O–H groups in total. The molecule has 0 fully saturated rings. The van der Waals surface area contributed by atoms with Crippen LogP contribution in [0.5, 0.6) is 11.5 Å². The minimum atomic E-state index is 0.409. The highest BCUT2D eigenvalue weighted by atomic mass is 16.5. The van der Waals surface area contributed by atoms with Crippen molar-refractivity contribution in [1.82, 2.24) is 9.97 Å². The largest absolute Gasteiger partial charge is 0.493 e. The molecule has 4 heteroatoms. The van der Waals surface area contributed by atoms with Crippen LogP contribution in [-0.4, -0.2) is 24.2 Å². The second-order valence-corrected chi connectivity index (χ2v) is 4.90. The Morgan fingerprint density at radius 1 is 1.00 bits per heavy atom. The van der Waals surface area contributed by atoms with Crippen molar-refractivity contribution in [3.05, 3.63) is 23.7 Å². The van der Waals surface area contributed by atoms with Crippen LogP contribution in [0.4, 0.5) is 0 Å². The molecule has 0 aliphatic heterocycles. The van der Waals surface area contributed by atoms with E-state index in [2.05, 4.69) is 18.8 Å². The van der Waals surface area contributed by atoms with E-state index in [0.717, 1.165) is 35.3 Å². The number of fused-ring (bicyclic) bond motifs is 1. The third-order valence-electron chi connectivity index (χ3n) is 3.76. The summed E-state index contributed by atoms with van der Waals surface area (Å²) in [5.41, 5.74) is 1.90. The molecular weight excluding hydrogens is 252 g/mol. The molecule has 0 spiro atoms. The lowest BCUT2D eigenvalue weighted by Crippen LogP contribution is -2.05. The molecule has 0 unspecified atom stereocenters. The summed E-state index contributed by atoms with van der Waals surface area (Å²) >= 11 is 0. The Kier molecular flexibility index (Phi) is 4.42. The lowest BCUT2D eigenvalue weighted by molar-refractivity contribution is 0.355. The molecule has 1 aromatic heterocycles. The minimum Gasteiger partial charge on any atom is -0.493 e. The minimum absolute atomic E-state index is 0.409. The van der Waals surface area contributed by atoms with Gasteiger partial charge in [-0.2, -0.15) is 0 Å². The van der Waals surface area contributed by atoms with Gasteiger partial charge in [-0.15, -0.1) is 0 Å². The van der Waals surface area contributed by atoms with Crippen LogP contribution in [0.15, 0.2) is 12.1 Å². The first-order valence-electron chi connectivity index (χ1n) is 7.04. The van der Waals surface area contributed by atoms with Crippen molar-refractivity contribution in [2.75, 3.05) is 14.2 Å². The molecule has 108 valence electrons. The summed E-state index contributed by atoms with van der Waals surface area (Å²) in [5, 5.41) is 1.01. The smallest absolute Gasteiger partial charge is 0.162 e. The molecule has 0 radical (unpaired) electrons. The Morgan fingerprint density at radius 3 is 2.15 bits per heavy atom. The molecule has 2 rings (SSSR count). The Morgan fingerprint density at radius 2 is 1.60 bits per heavy atom. The highest BCUT2D eigenvalue weighted by Gasteiger charge is 2.15. The van der Waals surface area contributed by atoms with Crippen molar-refractivity contribution < 1.29 is 9.47 Å². The Bertz CT molecular complexity index is 607. The number of aryl methyl sites for hydroxylation is 1. The van der Waals surface area contributed by atoms with E-state index in [-0.39, 0.29) is 0 Å². The zero-order chi connectivity index (χ0) is 14.7. The van der Waals surface area contributed by atoms with E-state index in [9.17, 15) is 0 Å². The zero-order valence-electron chi connectivity index (χ0n) is 12.9. The van der Waals surface area contributed by atoms with E-state index in [1.807, 2.05) is 19.1 Å². The first kappa shape index (κ1) is 14.6. The van der Waals surface area contributed by atoms with Gasteiger partial charge in [0.1, 0.15) is 5.82 Å². The van der Waals surface area contributed by atoms with Gasteiger partial charge in [0.05, 0.1) is 19.7 Å². The van der Waals surface area contributed by atoms with E-state index in [1.165, 1.54) is 0 Å². The Hall–Kier alpha value is -1.84. The van der Waals surface area contributed by atoms with Crippen molar-refractivity contribution in [2.24, 2.45) is 0 Å². The summed E-state index contributed by atoms with van der Waals surface area (Å²) in [4.78, 5) is 9.38. The maximum Gasteiger partial charge on any atom is 0.162 e. The lowest BCUT2D eigenvalue weighted by Gasteiger charge is -2.14. The van der Waals surface area contributed by atoms with Crippen LogP contribution >= 0.6 is 0 Å². The predicted octanol–water partition coefficient (Wildman–Crippen LogP) is 3.86. The molecule has 0 atom stereocenters. The van der Waals surface area contributed by atoms with Crippen molar-refractivity contribution >= 4 is 10.9 Å². The number of benzene rings is 1. The summed E-state index contributed by atoms with van der Waals surface area (Å²) in [6, 6.07) is 3.87. The van der Waals surface area contributed by atoms with Gasteiger partial charge in [0.2, 0.25) is 0 Å². The van der Waals surface area contributed by atoms with Crippen molar-refractivity contribution in [1.29, 1.82) is 0 Å². The summed E-state index contributed by atoms with van der Waals surface area (Å²) in [6.07, 6.45) is 2.10. The number of aromatic nitrogens is 2. The fraction of sp³-hybridized carbons (Fsp3) is 0.500. The van der Waals surface area contributed by atoms with Gasteiger partial charge in [-0.3, -0.25) is 0 Å². The van der Waals surface area contributed by atoms with Gasteiger partial charge in [-0.1, -0.05) is 13.8 Å². The molecule has 20 heavy (non-hydrogen) atoms. The average Bonchev–Trinajstić information content (AvgIpc) is 2.47. The quantitative estimate of drug-likeness (QED) is 0.830. The van der Waals surface area contributed by atoms with Gasteiger partial charge < -0.3 is 9.47 Å². The maximum atomic E-state index is 5.35. The monoisotopic (exact) mass is 274 g/mol. The van der Waals surface area contributed by atoms with Gasteiger partial charge >= 0.3 is 0 Å². The fourth-order valence-electron chi connectivity index (χ4n) is 2.47. The standard InChI is InChI=1S/C16H22N2O2/c1-6-11(7-2)16-17-10(3)12-8-14(19-4)15(20-5)9-13(12)18-16/h8-9,11H,6-7H2,1-5H3. The molecular formula is C16H22N2O2. The molecule has 4 nitrogen and oxygen atoms in total. The first-order valence-corrected chi connectivity index (χ1v) is 7.04. The van der Waals surface area contributed by atoms with Gasteiger partial charge in [-0.05, 0) is 25.8 Å². The third kappa shape index (κ3) is 2.55. The molecule has 0 saturated carbocycles. The van der Waals surface area contributed by atoms with Crippen molar-refractivity contribution in [3.8, 4) is 11.5 Å². The van der Waals surface area contributed by atoms with Crippen LogP contribution in [0.25, 0.3) is 10.9 Å². The fourth-order valence-corrected chi connectivity index (χ4v) is 2.47. The number of hydrogen-bond acceptors (Lipinski definition) is 4. The van der Waals surface area contributed by atoms with Crippen LogP contribution in [-0.2, 0) is 0 Å². The topological polar surface area (TPSA) is 44.2 Å². The van der Waals surface area contributed by atoms with Gasteiger partial charge in [0.15, 0.2) is 11.5 Å². The van der Waals surface area contributed by atoms with Crippen LogP contribution in [0, 0.1) is 6.92 Å². The number of nitrogens with zero attached hydrogens (tertiary/aromatic N) is 2. The summed E-state index contributed by atoms with van der Waals surface area (Å²) in [6.45, 7) is 6.36. The van der Waals surface area contributed by atoms with Crippen LogP contribution in [0.2, 0.25) is 0 Å². The van der Waals surface area contributed by atoms with E-state index < -0.39 is 0 Å². The van der Waals surface area contributed by atoms with Crippen LogP contribution in [0.3, 0.4) is 0 Å². The summed E-state index contributed by atoms with van der Waals surface area (Å²) in [7, 11) is 3.28. The number of rotatable bonds is 5. The molecule has 0 saturated heterocycles. The van der Waals surface area contributed by atoms with Crippen molar-refractivity contribution in [3.63, 3.8) is 0 Å². The normalized spacial score (nSPS) is 11.1. The third-order valence-corrected chi connectivity index (χ3v) is 3.76. The van der Waals surface area contributed by atoms with E-state index in [1.54, 1.807) is 14.2 Å². The van der Waals surface area contributed by atoms with Crippen molar-refractivity contribution in [2.45, 2.75) is 39.5 Å². The first-order chi connectivity index (χ1) is 9.64. The highest BCUT2D eigenvalue weighted by Crippen LogP contribution is 2.33. The highest BCUT2D eigenvalue weighted by molar-refractivity contribution is 5.84.